The van der Waals surface area contributed by atoms with Gasteiger partial charge in [0.05, 0.1) is 0 Å². The van der Waals surface area contributed by atoms with Crippen molar-refractivity contribution in [3.05, 3.63) is 23.5 Å². The lowest BCUT2D eigenvalue weighted by molar-refractivity contribution is -0.127. The molecule has 1 aliphatic rings. The van der Waals surface area contributed by atoms with E-state index >= 15 is 0 Å². The highest BCUT2D eigenvalue weighted by Crippen LogP contribution is 2.28. The number of likely N-dealkylation sites (tertiary alicyclic amines) is 1. The molecule has 0 saturated carbocycles. The lowest BCUT2D eigenvalue weighted by atomic mass is 10.1. The highest BCUT2D eigenvalue weighted by atomic mass is 35.5. The maximum absolute atomic E-state index is 12.1. The molecule has 1 saturated heterocycles. The van der Waals surface area contributed by atoms with Gasteiger partial charge in [-0.1, -0.05) is 17.7 Å². The highest BCUT2D eigenvalue weighted by molar-refractivity contribution is 6.33. The van der Waals surface area contributed by atoms with Crippen molar-refractivity contribution in [2.24, 2.45) is 0 Å². The first-order valence-electron chi connectivity index (χ1n) is 7.50. The maximum atomic E-state index is 12.1. The topological polar surface area (TPSA) is 84.6 Å². The van der Waals surface area contributed by atoms with Gasteiger partial charge in [-0.3, -0.25) is 4.79 Å². The number of anilines is 1. The smallest absolute Gasteiger partial charge is 0.246 e. The number of carbonyl (C=O) groups excluding carboxylic acids is 1. The minimum atomic E-state index is -0.0309. The molecule has 2 N–H and O–H groups in total. The summed E-state index contributed by atoms with van der Waals surface area (Å²) in [7, 11) is 3.92. The van der Waals surface area contributed by atoms with Crippen molar-refractivity contribution in [3.63, 3.8) is 0 Å². The molecule has 1 aromatic heterocycles. The zero-order chi connectivity index (χ0) is 16.8. The molecule has 0 aliphatic carbocycles. The van der Waals surface area contributed by atoms with Gasteiger partial charge in [0.15, 0.2) is 0 Å². The molecule has 0 spiro atoms. The van der Waals surface area contributed by atoms with Crippen molar-refractivity contribution < 1.29 is 9.53 Å². The molecule has 1 aliphatic heterocycles. The number of amides is 1. The van der Waals surface area contributed by atoms with Crippen LogP contribution in [-0.2, 0) is 4.79 Å². The lowest BCUT2D eigenvalue weighted by Gasteiger charge is -2.31. The predicted molar refractivity (Wildman–Crippen MR) is 89.4 cm³/mol. The summed E-state index contributed by atoms with van der Waals surface area (Å²) >= 11 is 6.02. The molecule has 1 fully saturated rings. The van der Waals surface area contributed by atoms with E-state index in [1.165, 1.54) is 6.33 Å². The molecule has 0 bridgehead atoms. The van der Waals surface area contributed by atoms with E-state index in [1.807, 2.05) is 30.0 Å². The Morgan fingerprint density at radius 2 is 2.17 bits per heavy atom. The van der Waals surface area contributed by atoms with E-state index in [0.717, 1.165) is 19.4 Å². The second-order valence-corrected chi connectivity index (χ2v) is 6.06. The fraction of sp³-hybridized carbons (Fsp3) is 0.533. The quantitative estimate of drug-likeness (QED) is 0.811. The van der Waals surface area contributed by atoms with E-state index in [1.54, 1.807) is 6.08 Å². The van der Waals surface area contributed by atoms with Crippen molar-refractivity contribution in [1.29, 1.82) is 0 Å². The third kappa shape index (κ3) is 5.07. The molecule has 8 heteroatoms. The van der Waals surface area contributed by atoms with Crippen LogP contribution in [0.2, 0.25) is 5.02 Å². The Kier molecular flexibility index (Phi) is 6.18. The zero-order valence-corrected chi connectivity index (χ0v) is 14.2. The molecule has 2 rings (SSSR count). The molecule has 0 atom stereocenters. The fourth-order valence-electron chi connectivity index (χ4n) is 2.27. The molecule has 0 aromatic carbocycles. The van der Waals surface area contributed by atoms with Gasteiger partial charge in [0.25, 0.3) is 0 Å². The first kappa shape index (κ1) is 17.5. The van der Waals surface area contributed by atoms with Gasteiger partial charge in [-0.15, -0.1) is 0 Å². The predicted octanol–water partition coefficient (Wildman–Crippen LogP) is 1.20. The lowest BCUT2D eigenvalue weighted by Crippen LogP contribution is -2.41. The number of nitrogen functional groups attached to an aromatic ring is 1. The summed E-state index contributed by atoms with van der Waals surface area (Å²) in [5, 5.41) is 0.234. The Morgan fingerprint density at radius 3 is 2.83 bits per heavy atom. The van der Waals surface area contributed by atoms with Gasteiger partial charge >= 0.3 is 0 Å². The summed E-state index contributed by atoms with van der Waals surface area (Å²) in [4.78, 5) is 23.7. The minimum Gasteiger partial charge on any atom is -0.473 e. The van der Waals surface area contributed by atoms with Crippen LogP contribution in [0.1, 0.15) is 12.8 Å². The molecule has 7 nitrogen and oxygen atoms in total. The van der Waals surface area contributed by atoms with E-state index in [4.69, 9.17) is 22.1 Å². The van der Waals surface area contributed by atoms with Crippen molar-refractivity contribution >= 4 is 23.3 Å². The van der Waals surface area contributed by atoms with Crippen LogP contribution >= 0.6 is 11.6 Å². The van der Waals surface area contributed by atoms with Crippen LogP contribution in [0.5, 0.6) is 5.88 Å². The number of likely N-dealkylation sites (N-methyl/N-ethyl adjacent to an activating group) is 1. The number of rotatable bonds is 5. The van der Waals surface area contributed by atoms with E-state index in [9.17, 15) is 4.79 Å². The van der Waals surface area contributed by atoms with Crippen LogP contribution in [0.25, 0.3) is 0 Å². The molecule has 126 valence electrons. The van der Waals surface area contributed by atoms with Crippen molar-refractivity contribution in [2.45, 2.75) is 18.9 Å². The Morgan fingerprint density at radius 1 is 1.48 bits per heavy atom. The van der Waals surface area contributed by atoms with Gasteiger partial charge in [-0.05, 0) is 14.1 Å². The van der Waals surface area contributed by atoms with Crippen LogP contribution in [0.3, 0.4) is 0 Å². The van der Waals surface area contributed by atoms with Gasteiger partial charge in [0.2, 0.25) is 11.8 Å². The number of piperidine rings is 1. The fourth-order valence-corrected chi connectivity index (χ4v) is 2.41. The highest BCUT2D eigenvalue weighted by Gasteiger charge is 2.24. The third-order valence-corrected chi connectivity index (χ3v) is 3.90. The zero-order valence-electron chi connectivity index (χ0n) is 13.4. The monoisotopic (exact) mass is 339 g/mol. The molecular formula is C15H22ClN5O2. The van der Waals surface area contributed by atoms with Crippen LogP contribution < -0.4 is 10.5 Å². The van der Waals surface area contributed by atoms with Gasteiger partial charge in [0, 0.05) is 38.6 Å². The molecule has 23 heavy (non-hydrogen) atoms. The second-order valence-electron chi connectivity index (χ2n) is 5.69. The number of carbonyl (C=O) groups is 1. The number of nitrogens with zero attached hydrogens (tertiary/aromatic N) is 4. The summed E-state index contributed by atoms with van der Waals surface area (Å²) in [5.74, 6) is 0.541. The van der Waals surface area contributed by atoms with Crippen molar-refractivity contribution in [2.75, 3.05) is 39.5 Å². The van der Waals surface area contributed by atoms with E-state index < -0.39 is 0 Å². The van der Waals surface area contributed by atoms with Crippen LogP contribution in [-0.4, -0.2) is 65.5 Å². The SMILES string of the molecule is CN(C)CC=CC(=O)N1CCC(Oc2ncnc(N)c2Cl)CC1. The second kappa shape index (κ2) is 8.12. The summed E-state index contributed by atoms with van der Waals surface area (Å²) in [6.45, 7) is 2.04. The van der Waals surface area contributed by atoms with Gasteiger partial charge in [-0.2, -0.15) is 0 Å². The number of ether oxygens (including phenoxy) is 1. The molecule has 1 aromatic rings. The maximum Gasteiger partial charge on any atom is 0.246 e. The van der Waals surface area contributed by atoms with Gasteiger partial charge in [-0.25, -0.2) is 9.97 Å². The van der Waals surface area contributed by atoms with E-state index in [-0.39, 0.29) is 22.9 Å². The first-order chi connectivity index (χ1) is 11.0. The molecule has 1 amide bonds. The van der Waals surface area contributed by atoms with Crippen LogP contribution in [0.4, 0.5) is 5.82 Å². The first-order valence-corrected chi connectivity index (χ1v) is 7.88. The standard InChI is InChI=1S/C15H22ClN5O2/c1-20(2)7-3-4-12(22)21-8-5-11(6-9-21)23-15-13(16)14(17)18-10-19-15/h3-4,10-11H,5-9H2,1-2H3,(H2,17,18,19). The Hall–Kier alpha value is -1.86. The van der Waals surface area contributed by atoms with Crippen LogP contribution in [0.15, 0.2) is 18.5 Å². The third-order valence-electron chi connectivity index (χ3n) is 3.55. The van der Waals surface area contributed by atoms with Crippen LogP contribution in [0, 0.1) is 0 Å². The summed E-state index contributed by atoms with van der Waals surface area (Å²) < 4.78 is 5.78. The van der Waals surface area contributed by atoms with Gasteiger partial charge < -0.3 is 20.3 Å². The van der Waals surface area contributed by atoms with Gasteiger partial charge in [0.1, 0.15) is 23.3 Å². The Labute approximate surface area is 141 Å². The number of hydrogen-bond acceptors (Lipinski definition) is 6. The average molecular weight is 340 g/mol. The number of aromatic nitrogens is 2. The number of hydrogen-bond donors (Lipinski definition) is 1. The van der Waals surface area contributed by atoms with E-state index in [2.05, 4.69) is 9.97 Å². The van der Waals surface area contributed by atoms with Crippen molar-refractivity contribution in [3.8, 4) is 5.88 Å². The summed E-state index contributed by atoms with van der Waals surface area (Å²) in [5.41, 5.74) is 5.63. The van der Waals surface area contributed by atoms with Crippen molar-refractivity contribution in [1.82, 2.24) is 19.8 Å². The summed E-state index contributed by atoms with van der Waals surface area (Å²) in [6, 6.07) is 0. The number of nitrogens with two attached hydrogens (primary N) is 1. The number of halogens is 1. The average Bonchev–Trinajstić information content (AvgIpc) is 2.52. The largest absolute Gasteiger partial charge is 0.473 e. The molecule has 0 radical (unpaired) electrons. The molecular weight excluding hydrogens is 318 g/mol. The molecule has 0 unspecified atom stereocenters. The minimum absolute atomic E-state index is 0.0309. The Balaban J connectivity index is 1.83. The Bertz CT molecular complexity index is 571. The summed E-state index contributed by atoms with van der Waals surface area (Å²) in [6.07, 6.45) is 6.25. The molecule has 2 heterocycles. The normalized spacial score (nSPS) is 16.3. The van der Waals surface area contributed by atoms with E-state index in [0.29, 0.717) is 19.0 Å².